The summed E-state index contributed by atoms with van der Waals surface area (Å²) in [4.78, 5) is 8.22. The highest BCUT2D eigenvalue weighted by molar-refractivity contribution is 5.13. The van der Waals surface area contributed by atoms with Crippen LogP contribution in [-0.2, 0) is 5.41 Å². The van der Waals surface area contributed by atoms with Crippen LogP contribution in [0.25, 0.3) is 0 Å². The highest BCUT2D eigenvalue weighted by Gasteiger charge is 2.15. The van der Waals surface area contributed by atoms with E-state index in [1.807, 2.05) is 0 Å². The first kappa shape index (κ1) is 10.9. The van der Waals surface area contributed by atoms with Crippen LogP contribution in [-0.4, -0.2) is 23.2 Å². The van der Waals surface area contributed by atoms with Gasteiger partial charge in [-0.05, 0) is 0 Å². The summed E-state index contributed by atoms with van der Waals surface area (Å²) in [6, 6.07) is 0. The molecule has 0 aliphatic rings. The van der Waals surface area contributed by atoms with Gasteiger partial charge in [0, 0.05) is 5.41 Å². The first-order valence-corrected chi connectivity index (χ1v) is 4.55. The maximum absolute atomic E-state index is 11.8. The van der Waals surface area contributed by atoms with Crippen molar-refractivity contribution in [3.63, 3.8) is 0 Å². The summed E-state index contributed by atoms with van der Waals surface area (Å²) in [6.45, 7) is 5.68. The van der Waals surface area contributed by atoms with Gasteiger partial charge in [-0.25, -0.2) is 9.37 Å². The van der Waals surface area contributed by atoms with Gasteiger partial charge >= 0.3 is 0 Å². The van der Waals surface area contributed by atoms with E-state index in [1.165, 1.54) is 6.20 Å². The molecule has 0 aromatic carbocycles. The molecular formula is C10H15FN2O. The lowest BCUT2D eigenvalue weighted by Gasteiger charge is -2.16. The third kappa shape index (κ3) is 2.94. The van der Waals surface area contributed by atoms with E-state index in [0.717, 1.165) is 5.69 Å². The Morgan fingerprint density at radius 3 is 2.43 bits per heavy atom. The number of aromatic nitrogens is 2. The fourth-order valence-corrected chi connectivity index (χ4v) is 0.921. The Morgan fingerprint density at radius 2 is 2.00 bits per heavy atom. The highest BCUT2D eigenvalue weighted by atomic mass is 19.1. The SMILES string of the molecule is CC(C)(C)c1cnc(OCCF)cn1. The molecule has 0 atom stereocenters. The summed E-state index contributed by atoms with van der Waals surface area (Å²) in [6.07, 6.45) is 3.18. The van der Waals surface area contributed by atoms with Crippen LogP contribution in [0.5, 0.6) is 5.88 Å². The van der Waals surface area contributed by atoms with Crippen LogP contribution in [0.2, 0.25) is 0 Å². The molecule has 0 N–H and O–H groups in total. The fourth-order valence-electron chi connectivity index (χ4n) is 0.921. The summed E-state index contributed by atoms with van der Waals surface area (Å²) in [5.74, 6) is 0.371. The monoisotopic (exact) mass is 198 g/mol. The molecule has 1 heterocycles. The van der Waals surface area contributed by atoms with Crippen LogP contribution in [0.3, 0.4) is 0 Å². The van der Waals surface area contributed by atoms with Gasteiger partial charge in [0.05, 0.1) is 18.1 Å². The third-order valence-electron chi connectivity index (χ3n) is 1.72. The minimum Gasteiger partial charge on any atom is -0.474 e. The van der Waals surface area contributed by atoms with E-state index in [9.17, 15) is 4.39 Å². The summed E-state index contributed by atoms with van der Waals surface area (Å²) in [7, 11) is 0. The molecule has 0 saturated heterocycles. The molecule has 1 aromatic heterocycles. The van der Waals surface area contributed by atoms with Gasteiger partial charge in [-0.1, -0.05) is 20.8 Å². The second-order valence-corrected chi connectivity index (χ2v) is 4.03. The summed E-state index contributed by atoms with van der Waals surface area (Å²) < 4.78 is 16.7. The van der Waals surface area contributed by atoms with E-state index < -0.39 is 6.67 Å². The maximum atomic E-state index is 11.8. The van der Waals surface area contributed by atoms with Crippen LogP contribution in [0, 0.1) is 0 Å². The smallest absolute Gasteiger partial charge is 0.232 e. The first-order valence-electron chi connectivity index (χ1n) is 4.55. The zero-order chi connectivity index (χ0) is 10.6. The molecule has 3 nitrogen and oxygen atoms in total. The second kappa shape index (κ2) is 4.35. The second-order valence-electron chi connectivity index (χ2n) is 4.03. The van der Waals surface area contributed by atoms with Gasteiger partial charge < -0.3 is 4.74 Å². The fraction of sp³-hybridized carbons (Fsp3) is 0.600. The lowest BCUT2D eigenvalue weighted by atomic mass is 9.93. The summed E-state index contributed by atoms with van der Waals surface area (Å²) >= 11 is 0. The quantitative estimate of drug-likeness (QED) is 0.746. The molecule has 1 rings (SSSR count). The molecule has 14 heavy (non-hydrogen) atoms. The Bertz CT molecular complexity index is 279. The van der Waals surface area contributed by atoms with Crippen molar-refractivity contribution in [2.45, 2.75) is 26.2 Å². The molecule has 0 aliphatic heterocycles. The van der Waals surface area contributed by atoms with Crippen molar-refractivity contribution in [3.8, 4) is 5.88 Å². The van der Waals surface area contributed by atoms with Gasteiger partial charge in [-0.3, -0.25) is 4.98 Å². The van der Waals surface area contributed by atoms with Crippen LogP contribution in [0.15, 0.2) is 12.4 Å². The minimum absolute atomic E-state index is 0.0222. The normalized spacial score (nSPS) is 11.4. The van der Waals surface area contributed by atoms with Crippen LogP contribution < -0.4 is 4.74 Å². The Labute approximate surface area is 83.3 Å². The molecule has 0 aliphatic carbocycles. The van der Waals surface area contributed by atoms with Crippen LogP contribution >= 0.6 is 0 Å². The highest BCUT2D eigenvalue weighted by Crippen LogP contribution is 2.19. The standard InChI is InChI=1S/C10H15FN2O/c1-10(2,3)8-6-13-9(7-12-8)14-5-4-11/h6-7H,4-5H2,1-3H3. The molecule has 1 aromatic rings. The van der Waals surface area contributed by atoms with E-state index in [4.69, 9.17) is 4.74 Å². The Balaban J connectivity index is 2.69. The van der Waals surface area contributed by atoms with Crippen molar-refractivity contribution in [3.05, 3.63) is 18.1 Å². The average Bonchev–Trinajstić information content (AvgIpc) is 2.14. The summed E-state index contributed by atoms with van der Waals surface area (Å²) in [5, 5.41) is 0. The molecular weight excluding hydrogens is 183 g/mol. The molecule has 0 unspecified atom stereocenters. The Hall–Kier alpha value is -1.19. The van der Waals surface area contributed by atoms with Gasteiger partial charge in [0.15, 0.2) is 0 Å². The largest absolute Gasteiger partial charge is 0.474 e. The number of ether oxygens (including phenoxy) is 1. The molecule has 4 heteroatoms. The van der Waals surface area contributed by atoms with E-state index in [2.05, 4.69) is 30.7 Å². The molecule has 0 bridgehead atoms. The predicted octanol–water partition coefficient (Wildman–Crippen LogP) is 2.12. The average molecular weight is 198 g/mol. The Kier molecular flexibility index (Phi) is 3.38. The molecule has 0 amide bonds. The lowest BCUT2D eigenvalue weighted by molar-refractivity contribution is 0.263. The van der Waals surface area contributed by atoms with Crippen molar-refractivity contribution in [2.24, 2.45) is 0 Å². The maximum Gasteiger partial charge on any atom is 0.232 e. The molecule has 0 fully saturated rings. The van der Waals surface area contributed by atoms with Crippen molar-refractivity contribution >= 4 is 0 Å². The zero-order valence-corrected chi connectivity index (χ0v) is 8.75. The van der Waals surface area contributed by atoms with E-state index in [-0.39, 0.29) is 12.0 Å². The van der Waals surface area contributed by atoms with E-state index in [1.54, 1.807) is 6.20 Å². The van der Waals surface area contributed by atoms with E-state index in [0.29, 0.717) is 5.88 Å². The molecule has 0 radical (unpaired) electrons. The van der Waals surface area contributed by atoms with Crippen LogP contribution in [0.4, 0.5) is 4.39 Å². The number of nitrogens with zero attached hydrogens (tertiary/aromatic N) is 2. The number of hydrogen-bond acceptors (Lipinski definition) is 3. The third-order valence-corrected chi connectivity index (χ3v) is 1.72. The molecule has 0 spiro atoms. The van der Waals surface area contributed by atoms with Crippen molar-refractivity contribution < 1.29 is 9.13 Å². The van der Waals surface area contributed by atoms with Crippen molar-refractivity contribution in [1.29, 1.82) is 0 Å². The molecule has 0 saturated carbocycles. The summed E-state index contributed by atoms with van der Waals surface area (Å²) in [5.41, 5.74) is 0.871. The van der Waals surface area contributed by atoms with Gasteiger partial charge in [-0.2, -0.15) is 0 Å². The van der Waals surface area contributed by atoms with Gasteiger partial charge in [0.25, 0.3) is 0 Å². The van der Waals surface area contributed by atoms with Crippen molar-refractivity contribution in [2.75, 3.05) is 13.3 Å². The number of hydrogen-bond donors (Lipinski definition) is 0. The minimum atomic E-state index is -0.511. The number of rotatable bonds is 3. The van der Waals surface area contributed by atoms with Gasteiger partial charge in [-0.15, -0.1) is 0 Å². The van der Waals surface area contributed by atoms with E-state index >= 15 is 0 Å². The topological polar surface area (TPSA) is 35.0 Å². The van der Waals surface area contributed by atoms with Gasteiger partial charge in [0.1, 0.15) is 13.3 Å². The first-order chi connectivity index (χ1) is 6.54. The predicted molar refractivity (Wildman–Crippen MR) is 52.2 cm³/mol. The Morgan fingerprint density at radius 1 is 1.29 bits per heavy atom. The number of halogens is 1. The lowest BCUT2D eigenvalue weighted by Crippen LogP contribution is -2.14. The number of alkyl halides is 1. The molecule has 78 valence electrons. The van der Waals surface area contributed by atoms with Gasteiger partial charge in [0.2, 0.25) is 5.88 Å². The van der Waals surface area contributed by atoms with Crippen molar-refractivity contribution in [1.82, 2.24) is 9.97 Å². The van der Waals surface area contributed by atoms with Crippen LogP contribution in [0.1, 0.15) is 26.5 Å². The zero-order valence-electron chi connectivity index (χ0n) is 8.75.